The summed E-state index contributed by atoms with van der Waals surface area (Å²) in [5.41, 5.74) is 0. The molecule has 1 aromatic rings. The van der Waals surface area contributed by atoms with Gasteiger partial charge in [-0.3, -0.25) is 0 Å². The third-order valence-corrected chi connectivity index (χ3v) is 2.32. The van der Waals surface area contributed by atoms with E-state index in [1.807, 2.05) is 0 Å². The summed E-state index contributed by atoms with van der Waals surface area (Å²) in [6.07, 6.45) is 0.918. The summed E-state index contributed by atoms with van der Waals surface area (Å²) in [7, 11) is -0.537. The van der Waals surface area contributed by atoms with Gasteiger partial charge >= 0.3 is 5.03 Å². The van der Waals surface area contributed by atoms with Crippen molar-refractivity contribution in [3.63, 3.8) is 0 Å². The Morgan fingerprint density at radius 1 is 1.54 bits per heavy atom. The zero-order chi connectivity index (χ0) is 10.2. The van der Waals surface area contributed by atoms with Crippen molar-refractivity contribution in [3.05, 3.63) is 0 Å². The lowest BCUT2D eigenvalue weighted by molar-refractivity contribution is -0.785. The van der Waals surface area contributed by atoms with Crippen LogP contribution in [-0.2, 0) is 9.84 Å². The van der Waals surface area contributed by atoms with Gasteiger partial charge in [0, 0.05) is 6.26 Å². The highest BCUT2D eigenvalue weighted by Gasteiger charge is 2.29. The number of hydrogen-bond donors (Lipinski definition) is 0. The maximum absolute atomic E-state index is 11.1. The largest absolute Gasteiger partial charge is 0.538 e. The molecule has 0 aliphatic rings. The highest BCUT2D eigenvalue weighted by molar-refractivity contribution is 7.90. The topological polar surface area (TPSA) is 90.3 Å². The fourth-order valence-corrected chi connectivity index (χ4v) is 1.62. The van der Waals surface area contributed by atoms with Gasteiger partial charge in [0.2, 0.25) is 9.84 Å². The van der Waals surface area contributed by atoms with Gasteiger partial charge < -0.3 is 9.63 Å². The van der Waals surface area contributed by atoms with E-state index in [-0.39, 0.29) is 0 Å². The first kappa shape index (κ1) is 9.78. The Bertz CT molecular complexity index is 407. The molecule has 0 aliphatic heterocycles. The number of rotatable bonds is 2. The second kappa shape index (κ2) is 2.87. The Morgan fingerprint density at radius 2 is 2.08 bits per heavy atom. The summed E-state index contributed by atoms with van der Waals surface area (Å²) in [6.45, 7) is 0. The molecule has 1 aromatic heterocycles. The second-order valence-electron chi connectivity index (χ2n) is 2.67. The molecule has 0 saturated carbocycles. The lowest BCUT2D eigenvalue weighted by Gasteiger charge is -2.00. The Hall–Kier alpha value is -1.31. The van der Waals surface area contributed by atoms with Gasteiger partial charge in [-0.1, -0.05) is 0 Å². The average molecular weight is 207 g/mol. The summed E-state index contributed by atoms with van der Waals surface area (Å²) < 4.78 is 26.4. The molecule has 8 heteroatoms. The van der Waals surface area contributed by atoms with Gasteiger partial charge in [-0.05, 0) is 0 Å². The van der Waals surface area contributed by atoms with Crippen LogP contribution in [0.4, 0.5) is 0 Å². The van der Waals surface area contributed by atoms with E-state index in [1.165, 1.54) is 19.1 Å². The molecule has 0 aromatic carbocycles. The Morgan fingerprint density at radius 3 is 2.38 bits per heavy atom. The minimum absolute atomic E-state index is 0.475. The van der Waals surface area contributed by atoms with Crippen LogP contribution in [0.25, 0.3) is 0 Å². The summed E-state index contributed by atoms with van der Waals surface area (Å²) in [5.74, 6) is -0.962. The zero-order valence-corrected chi connectivity index (χ0v) is 8.20. The van der Waals surface area contributed by atoms with Crippen LogP contribution >= 0.6 is 0 Å². The van der Waals surface area contributed by atoms with Gasteiger partial charge in [-0.2, -0.15) is 5.01 Å². The lowest BCUT2D eigenvalue weighted by atomic mass is 10.9. The van der Waals surface area contributed by atoms with Crippen LogP contribution in [-0.4, -0.2) is 34.0 Å². The molecular weight excluding hydrogens is 198 g/mol. The van der Waals surface area contributed by atoms with Crippen LogP contribution in [0, 0.1) is 0 Å². The predicted octanol–water partition coefficient (Wildman–Crippen LogP) is -2.36. The highest BCUT2D eigenvalue weighted by Crippen LogP contribution is 2.12. The molecule has 13 heavy (non-hydrogen) atoms. The first-order valence-electron chi connectivity index (χ1n) is 3.30. The number of sulfone groups is 1. The minimum Gasteiger partial charge on any atom is -0.538 e. The second-order valence-corrected chi connectivity index (χ2v) is 4.61. The Balaban J connectivity index is 3.42. The predicted molar refractivity (Wildman–Crippen MR) is 39.3 cm³/mol. The fourth-order valence-electron chi connectivity index (χ4n) is 0.788. The van der Waals surface area contributed by atoms with Gasteiger partial charge in [0.1, 0.15) is 5.27 Å². The monoisotopic (exact) mass is 207 g/mol. The molecule has 7 nitrogen and oxygen atoms in total. The van der Waals surface area contributed by atoms with Crippen molar-refractivity contribution in [2.75, 3.05) is 25.4 Å². The standard InChI is InChI=1S/C5H9N3O4S/c1-7(2)8-4(13(3,10)11)5(9)12-6-8/h1-3H3. The molecule has 0 aliphatic carbocycles. The summed E-state index contributed by atoms with van der Waals surface area (Å²) in [4.78, 5) is 0.887. The van der Waals surface area contributed by atoms with Gasteiger partial charge in [0.15, 0.2) is 5.95 Å². The van der Waals surface area contributed by atoms with E-state index < -0.39 is 20.8 Å². The van der Waals surface area contributed by atoms with Crippen molar-refractivity contribution in [1.82, 2.24) is 5.27 Å². The molecular formula is C5H9N3O4S. The van der Waals surface area contributed by atoms with E-state index in [2.05, 4.69) is 9.79 Å². The third-order valence-electron chi connectivity index (χ3n) is 1.29. The molecule has 0 atom stereocenters. The molecule has 0 fully saturated rings. The quantitative estimate of drug-likeness (QED) is 0.504. The first-order valence-corrected chi connectivity index (χ1v) is 5.20. The van der Waals surface area contributed by atoms with E-state index in [9.17, 15) is 13.5 Å². The van der Waals surface area contributed by atoms with Gasteiger partial charge in [0.05, 0.1) is 18.9 Å². The molecule has 0 N–H and O–H groups in total. The summed E-state index contributed by atoms with van der Waals surface area (Å²) >= 11 is 0. The number of hydrogen-bond acceptors (Lipinski definition) is 6. The molecule has 1 heterocycles. The molecule has 74 valence electrons. The van der Waals surface area contributed by atoms with Crippen LogP contribution in [0.2, 0.25) is 0 Å². The normalized spacial score (nSPS) is 11.6. The average Bonchev–Trinajstić information content (AvgIpc) is 2.28. The van der Waals surface area contributed by atoms with Gasteiger partial charge in [0.25, 0.3) is 0 Å². The number of nitrogens with zero attached hydrogens (tertiary/aromatic N) is 3. The van der Waals surface area contributed by atoms with E-state index in [1.54, 1.807) is 0 Å². The first-order chi connectivity index (χ1) is 5.84. The lowest BCUT2D eigenvalue weighted by Crippen LogP contribution is -2.57. The van der Waals surface area contributed by atoms with Crippen LogP contribution in [0.5, 0.6) is 5.95 Å². The van der Waals surface area contributed by atoms with E-state index >= 15 is 0 Å². The zero-order valence-electron chi connectivity index (χ0n) is 7.38. The Kier molecular flexibility index (Phi) is 2.16. The summed E-state index contributed by atoms with van der Waals surface area (Å²) in [6, 6.07) is 0. The maximum Gasteiger partial charge on any atom is 0.379 e. The molecule has 0 spiro atoms. The number of aromatic nitrogens is 2. The minimum atomic E-state index is -3.61. The molecule has 0 unspecified atom stereocenters. The molecule has 0 saturated heterocycles. The van der Waals surface area contributed by atoms with E-state index in [4.69, 9.17) is 0 Å². The third kappa shape index (κ3) is 1.72. The van der Waals surface area contributed by atoms with Crippen molar-refractivity contribution >= 4 is 9.84 Å². The smallest absolute Gasteiger partial charge is 0.379 e. The maximum atomic E-state index is 11.1. The SMILES string of the molecule is CN(C)[n+]1noc([O-])c1S(C)(=O)=O. The highest BCUT2D eigenvalue weighted by atomic mass is 32.2. The molecule has 0 amide bonds. The molecule has 0 bridgehead atoms. The van der Waals surface area contributed by atoms with Crippen molar-refractivity contribution in [3.8, 4) is 5.95 Å². The van der Waals surface area contributed by atoms with Gasteiger partial charge in [-0.15, -0.1) is 0 Å². The molecule has 0 radical (unpaired) electrons. The van der Waals surface area contributed by atoms with Crippen molar-refractivity contribution in [1.29, 1.82) is 0 Å². The van der Waals surface area contributed by atoms with Gasteiger partial charge in [-0.25, -0.2) is 8.42 Å². The van der Waals surface area contributed by atoms with Crippen LogP contribution in [0.1, 0.15) is 0 Å². The van der Waals surface area contributed by atoms with Crippen molar-refractivity contribution in [2.24, 2.45) is 0 Å². The summed E-state index contributed by atoms with van der Waals surface area (Å²) in [5, 5.41) is 15.0. The fraction of sp³-hybridized carbons (Fsp3) is 0.600. The van der Waals surface area contributed by atoms with Crippen LogP contribution < -0.4 is 14.9 Å². The molecule has 1 rings (SSSR count). The van der Waals surface area contributed by atoms with Crippen LogP contribution in [0.3, 0.4) is 0 Å². The van der Waals surface area contributed by atoms with Crippen LogP contribution in [0.15, 0.2) is 9.55 Å². The Labute approximate surface area is 75.0 Å². The van der Waals surface area contributed by atoms with Crippen molar-refractivity contribution < 1.29 is 22.8 Å². The van der Waals surface area contributed by atoms with E-state index in [0.29, 0.717) is 0 Å². The van der Waals surface area contributed by atoms with E-state index in [0.717, 1.165) is 11.0 Å². The van der Waals surface area contributed by atoms with Crippen molar-refractivity contribution in [2.45, 2.75) is 5.03 Å².